The summed E-state index contributed by atoms with van der Waals surface area (Å²) in [5.74, 6) is -0.300. The molecule has 0 aliphatic carbocycles. The van der Waals surface area contributed by atoms with E-state index in [9.17, 15) is 13.2 Å². The summed E-state index contributed by atoms with van der Waals surface area (Å²) in [6, 6.07) is 5.22. The normalized spacial score (nSPS) is 14.4. The average molecular weight is 311 g/mol. The maximum absolute atomic E-state index is 12.7. The molecule has 1 aromatic rings. The number of likely N-dealkylation sites (N-methyl/N-ethyl adjacent to an activating group) is 2. The minimum absolute atomic E-state index is 0.173. The molecule has 6 nitrogen and oxygen atoms in total. The van der Waals surface area contributed by atoms with Gasteiger partial charge in [0.2, 0.25) is 15.9 Å². The van der Waals surface area contributed by atoms with Crippen LogP contribution in [0.2, 0.25) is 0 Å². The van der Waals surface area contributed by atoms with Gasteiger partial charge in [-0.05, 0) is 37.5 Å². The quantitative estimate of drug-likeness (QED) is 0.843. The zero-order chi connectivity index (χ0) is 15.5. The molecule has 2 rings (SSSR count). The molecule has 0 unspecified atom stereocenters. The molecule has 0 atom stereocenters. The Kier molecular flexibility index (Phi) is 4.84. The number of anilines is 1. The summed E-state index contributed by atoms with van der Waals surface area (Å²) in [7, 11) is -2.23. The van der Waals surface area contributed by atoms with E-state index in [4.69, 9.17) is 0 Å². The second-order valence-electron chi connectivity index (χ2n) is 5.03. The number of amides is 1. The molecular formula is C14H21N3O3S. The maximum atomic E-state index is 12.7. The Balaban J connectivity index is 2.29. The number of sulfonamides is 1. The molecular weight excluding hydrogens is 290 g/mol. The van der Waals surface area contributed by atoms with Gasteiger partial charge in [0.15, 0.2) is 0 Å². The number of hydrogen-bond acceptors (Lipinski definition) is 4. The Hall–Kier alpha value is -1.60. The van der Waals surface area contributed by atoms with Crippen molar-refractivity contribution in [3.63, 3.8) is 0 Å². The molecule has 1 heterocycles. The van der Waals surface area contributed by atoms with Gasteiger partial charge in [-0.3, -0.25) is 4.79 Å². The van der Waals surface area contributed by atoms with E-state index < -0.39 is 10.0 Å². The monoisotopic (exact) mass is 311 g/mol. The number of carbonyl (C=O) groups is 1. The third kappa shape index (κ3) is 3.36. The molecule has 1 aromatic carbocycles. The molecule has 0 bridgehead atoms. The lowest BCUT2D eigenvalue weighted by atomic mass is 10.0. The number of nitrogens with one attached hydrogen (secondary N) is 2. The maximum Gasteiger partial charge on any atom is 0.243 e. The van der Waals surface area contributed by atoms with Crippen LogP contribution in [0, 0.1) is 0 Å². The van der Waals surface area contributed by atoms with E-state index in [2.05, 4.69) is 10.6 Å². The summed E-state index contributed by atoms with van der Waals surface area (Å²) in [4.78, 5) is 11.9. The second kappa shape index (κ2) is 6.44. The minimum atomic E-state index is -3.66. The molecule has 0 radical (unpaired) electrons. The van der Waals surface area contributed by atoms with Crippen molar-refractivity contribution < 1.29 is 13.2 Å². The van der Waals surface area contributed by atoms with Crippen molar-refractivity contribution in [1.29, 1.82) is 0 Å². The molecule has 0 aromatic heterocycles. The van der Waals surface area contributed by atoms with E-state index in [1.54, 1.807) is 19.1 Å². The lowest BCUT2D eigenvalue weighted by Crippen LogP contribution is -2.38. The summed E-state index contributed by atoms with van der Waals surface area (Å²) in [6.45, 7) is 2.96. The fraction of sp³-hybridized carbons (Fsp3) is 0.500. The van der Waals surface area contributed by atoms with Crippen LogP contribution in [-0.2, 0) is 21.2 Å². The summed E-state index contributed by atoms with van der Waals surface area (Å²) in [5.41, 5.74) is 1.68. The first-order valence-corrected chi connectivity index (χ1v) is 8.49. The molecule has 0 spiro atoms. The molecule has 2 N–H and O–H groups in total. The molecule has 0 saturated carbocycles. The van der Waals surface area contributed by atoms with Gasteiger partial charge in [0.05, 0.1) is 11.4 Å². The molecule has 1 aliphatic heterocycles. The van der Waals surface area contributed by atoms with Crippen molar-refractivity contribution in [2.24, 2.45) is 0 Å². The summed E-state index contributed by atoms with van der Waals surface area (Å²) >= 11 is 0. The Bertz CT molecular complexity index is 628. The highest BCUT2D eigenvalue weighted by atomic mass is 32.2. The summed E-state index contributed by atoms with van der Waals surface area (Å²) in [6.07, 6.45) is 1.63. The van der Waals surface area contributed by atoms with Crippen molar-refractivity contribution in [1.82, 2.24) is 9.62 Å². The SMILES string of the molecule is CCNC(=O)CN(C)S(=O)(=O)c1cccc2c1CCCN2. The molecule has 0 saturated heterocycles. The van der Waals surface area contributed by atoms with Gasteiger partial charge in [-0.15, -0.1) is 0 Å². The van der Waals surface area contributed by atoms with Crippen molar-refractivity contribution in [2.45, 2.75) is 24.7 Å². The molecule has 1 aliphatic rings. The van der Waals surface area contributed by atoms with Crippen LogP contribution in [0.5, 0.6) is 0 Å². The van der Waals surface area contributed by atoms with Crippen molar-refractivity contribution in [3.8, 4) is 0 Å². The number of hydrogen-bond donors (Lipinski definition) is 2. The van der Waals surface area contributed by atoms with E-state index >= 15 is 0 Å². The van der Waals surface area contributed by atoms with Crippen molar-refractivity contribution in [3.05, 3.63) is 23.8 Å². The number of nitrogens with zero attached hydrogens (tertiary/aromatic N) is 1. The summed E-state index contributed by atoms with van der Waals surface area (Å²) in [5, 5.41) is 5.82. The van der Waals surface area contributed by atoms with Crippen LogP contribution in [0.4, 0.5) is 5.69 Å². The van der Waals surface area contributed by atoms with E-state index in [1.165, 1.54) is 7.05 Å². The van der Waals surface area contributed by atoms with Crippen molar-refractivity contribution in [2.75, 3.05) is 32.0 Å². The first-order valence-electron chi connectivity index (χ1n) is 7.05. The van der Waals surface area contributed by atoms with Crippen LogP contribution in [0.1, 0.15) is 18.9 Å². The van der Waals surface area contributed by atoms with Gasteiger partial charge in [0, 0.05) is 25.8 Å². The molecule has 21 heavy (non-hydrogen) atoms. The van der Waals surface area contributed by atoms with Crippen LogP contribution in [-0.4, -0.2) is 45.3 Å². The number of carbonyl (C=O) groups excluding carboxylic acids is 1. The number of fused-ring (bicyclic) bond motifs is 1. The number of benzene rings is 1. The van der Waals surface area contributed by atoms with E-state index in [1.807, 2.05) is 6.07 Å². The van der Waals surface area contributed by atoms with Gasteiger partial charge >= 0.3 is 0 Å². The lowest BCUT2D eigenvalue weighted by Gasteiger charge is -2.23. The predicted octanol–water partition coefficient (Wildman–Crippen LogP) is 0.801. The molecule has 1 amide bonds. The van der Waals surface area contributed by atoms with E-state index in [-0.39, 0.29) is 12.5 Å². The third-order valence-corrected chi connectivity index (χ3v) is 5.37. The van der Waals surface area contributed by atoms with Gasteiger partial charge in [-0.1, -0.05) is 6.07 Å². The predicted molar refractivity (Wildman–Crippen MR) is 81.8 cm³/mol. The standard InChI is InChI=1S/C14H21N3O3S/c1-3-15-14(18)10-17(2)21(19,20)13-8-4-7-12-11(13)6-5-9-16-12/h4,7-8,16H,3,5-6,9-10H2,1-2H3,(H,15,18). The highest BCUT2D eigenvalue weighted by Gasteiger charge is 2.27. The Morgan fingerprint density at radius 1 is 1.43 bits per heavy atom. The largest absolute Gasteiger partial charge is 0.385 e. The van der Waals surface area contributed by atoms with Gasteiger partial charge in [0.1, 0.15) is 0 Å². The second-order valence-corrected chi connectivity index (χ2v) is 7.04. The molecule has 116 valence electrons. The topological polar surface area (TPSA) is 78.5 Å². The minimum Gasteiger partial charge on any atom is -0.385 e. The van der Waals surface area contributed by atoms with E-state index in [0.717, 1.165) is 34.9 Å². The first-order chi connectivity index (χ1) is 9.96. The highest BCUT2D eigenvalue weighted by Crippen LogP contribution is 2.29. The fourth-order valence-corrected chi connectivity index (χ4v) is 3.82. The highest BCUT2D eigenvalue weighted by molar-refractivity contribution is 7.89. The average Bonchev–Trinajstić information content (AvgIpc) is 2.46. The first kappa shape index (κ1) is 15.8. The summed E-state index contributed by atoms with van der Waals surface area (Å²) < 4.78 is 26.4. The van der Waals surface area contributed by atoms with Crippen molar-refractivity contribution >= 4 is 21.6 Å². The van der Waals surface area contributed by atoms with Gasteiger partial charge in [-0.2, -0.15) is 4.31 Å². The smallest absolute Gasteiger partial charge is 0.243 e. The zero-order valence-electron chi connectivity index (χ0n) is 12.3. The zero-order valence-corrected chi connectivity index (χ0v) is 13.2. The Morgan fingerprint density at radius 2 is 2.19 bits per heavy atom. The van der Waals surface area contributed by atoms with Crippen LogP contribution >= 0.6 is 0 Å². The van der Waals surface area contributed by atoms with Crippen LogP contribution in [0.3, 0.4) is 0 Å². The van der Waals surface area contributed by atoms with Crippen LogP contribution in [0.25, 0.3) is 0 Å². The Labute approximate surface area is 125 Å². The molecule has 7 heteroatoms. The van der Waals surface area contributed by atoms with Crippen LogP contribution < -0.4 is 10.6 Å². The fourth-order valence-electron chi connectivity index (χ4n) is 2.43. The van der Waals surface area contributed by atoms with Crippen LogP contribution in [0.15, 0.2) is 23.1 Å². The van der Waals surface area contributed by atoms with E-state index in [0.29, 0.717) is 11.4 Å². The number of rotatable bonds is 5. The van der Waals surface area contributed by atoms with Gasteiger partial charge in [0.25, 0.3) is 0 Å². The lowest BCUT2D eigenvalue weighted by molar-refractivity contribution is -0.121. The van der Waals surface area contributed by atoms with Gasteiger partial charge < -0.3 is 10.6 Å². The van der Waals surface area contributed by atoms with Gasteiger partial charge in [-0.25, -0.2) is 8.42 Å². The Morgan fingerprint density at radius 3 is 2.90 bits per heavy atom. The molecule has 0 fully saturated rings. The third-order valence-electron chi connectivity index (χ3n) is 3.48.